The third-order valence-electron chi connectivity index (χ3n) is 6.01. The number of Topliss-reactive ketones (excluding diaryl/α,β-unsaturated/α-hetero) is 2. The number of benzene rings is 2. The number of hydrogen-bond donors (Lipinski definition) is 4. The average Bonchev–Trinajstić information content (AvgIpc) is 3.36. The number of allylic oxidation sites excluding steroid dienone is 2. The lowest BCUT2D eigenvalue weighted by atomic mass is 10.0. The number of carbonyl (C=O) groups excluding carboxylic acids is 2. The molecule has 2 heterocycles. The van der Waals surface area contributed by atoms with Crippen LogP contribution < -0.4 is 22.0 Å². The molecule has 0 bridgehead atoms. The molecule has 1 aliphatic rings. The summed E-state index contributed by atoms with van der Waals surface area (Å²) in [6, 6.07) is 10.1. The largest absolute Gasteiger partial charge is 0.351 e. The van der Waals surface area contributed by atoms with Crippen molar-refractivity contribution < 1.29 is 9.59 Å². The predicted octanol–water partition coefficient (Wildman–Crippen LogP) is 3.59. The van der Waals surface area contributed by atoms with Crippen molar-refractivity contribution in [2.24, 2.45) is 0 Å². The highest BCUT2D eigenvalue weighted by molar-refractivity contribution is 6.56. The van der Waals surface area contributed by atoms with Crippen LogP contribution in [-0.4, -0.2) is 30.7 Å². The van der Waals surface area contributed by atoms with E-state index in [1.807, 2.05) is 13.8 Å². The second kappa shape index (κ2) is 8.89. The summed E-state index contributed by atoms with van der Waals surface area (Å²) in [5.41, 5.74) is 2.57. The molecule has 5 rings (SSSR count). The van der Waals surface area contributed by atoms with Crippen LogP contribution in [0.25, 0.3) is 22.1 Å². The van der Waals surface area contributed by atoms with Crippen molar-refractivity contribution in [2.75, 3.05) is 10.6 Å². The quantitative estimate of drug-likeness (QED) is 0.283. The summed E-state index contributed by atoms with van der Waals surface area (Å²) < 4.78 is 3.14. The number of hydrogen-bond acceptors (Lipinski definition) is 6. The zero-order valence-electron chi connectivity index (χ0n) is 19.2. The number of aromatic amines is 2. The van der Waals surface area contributed by atoms with E-state index in [2.05, 4.69) is 20.6 Å². The molecular formula is C24H20Cl2N6O4. The van der Waals surface area contributed by atoms with Gasteiger partial charge in [-0.15, -0.1) is 0 Å². The summed E-state index contributed by atoms with van der Waals surface area (Å²) in [4.78, 5) is 55.7. The maximum atomic E-state index is 13.1. The Labute approximate surface area is 213 Å². The number of imidazole rings is 2. The van der Waals surface area contributed by atoms with Gasteiger partial charge in [-0.2, -0.15) is 0 Å². The molecule has 4 aromatic rings. The molecule has 184 valence electrons. The van der Waals surface area contributed by atoms with E-state index in [1.165, 1.54) is 0 Å². The molecule has 0 fully saturated rings. The van der Waals surface area contributed by atoms with Crippen molar-refractivity contribution in [3.8, 4) is 0 Å². The third kappa shape index (κ3) is 3.75. The minimum atomic E-state index is -0.671. The summed E-state index contributed by atoms with van der Waals surface area (Å²) in [7, 11) is 0. The normalized spacial score (nSPS) is 14.4. The minimum Gasteiger partial charge on any atom is -0.351 e. The van der Waals surface area contributed by atoms with E-state index >= 15 is 0 Å². The van der Waals surface area contributed by atoms with Crippen molar-refractivity contribution in [1.29, 1.82) is 0 Å². The average molecular weight is 527 g/mol. The summed E-state index contributed by atoms with van der Waals surface area (Å²) in [5.74, 6) is -1.34. The Morgan fingerprint density at radius 1 is 0.694 bits per heavy atom. The fourth-order valence-corrected chi connectivity index (χ4v) is 4.72. The first-order chi connectivity index (χ1) is 17.2. The molecule has 0 radical (unpaired) electrons. The summed E-state index contributed by atoms with van der Waals surface area (Å²) in [6.45, 7) is 4.71. The van der Waals surface area contributed by atoms with Crippen molar-refractivity contribution in [3.05, 3.63) is 78.8 Å². The highest BCUT2D eigenvalue weighted by Crippen LogP contribution is 2.32. The number of rotatable bonds is 6. The predicted molar refractivity (Wildman–Crippen MR) is 139 cm³/mol. The zero-order chi connectivity index (χ0) is 25.7. The van der Waals surface area contributed by atoms with Gasteiger partial charge in [-0.05, 0) is 50.2 Å². The van der Waals surface area contributed by atoms with Crippen molar-refractivity contribution in [2.45, 2.75) is 26.9 Å². The van der Waals surface area contributed by atoms with Crippen LogP contribution in [0.1, 0.15) is 13.8 Å². The lowest BCUT2D eigenvalue weighted by Gasteiger charge is -2.20. The number of carbonyl (C=O) groups is 2. The van der Waals surface area contributed by atoms with E-state index in [0.717, 1.165) is 0 Å². The van der Waals surface area contributed by atoms with Gasteiger partial charge in [0.15, 0.2) is 0 Å². The first-order valence-corrected chi connectivity index (χ1v) is 11.9. The van der Waals surface area contributed by atoms with E-state index in [4.69, 9.17) is 23.2 Å². The number of ketones is 2. The van der Waals surface area contributed by atoms with Gasteiger partial charge in [0.05, 0.1) is 22.1 Å². The van der Waals surface area contributed by atoms with Crippen LogP contribution >= 0.6 is 23.2 Å². The van der Waals surface area contributed by atoms with Gasteiger partial charge in [-0.25, -0.2) is 9.59 Å². The van der Waals surface area contributed by atoms with Gasteiger partial charge in [0, 0.05) is 24.5 Å². The number of nitrogens with zero attached hydrogens (tertiary/aromatic N) is 2. The maximum absolute atomic E-state index is 13.1. The van der Waals surface area contributed by atoms with E-state index in [-0.39, 0.29) is 32.8 Å². The van der Waals surface area contributed by atoms with Gasteiger partial charge in [-0.1, -0.05) is 23.2 Å². The molecule has 0 saturated carbocycles. The number of anilines is 2. The Morgan fingerprint density at radius 2 is 1.08 bits per heavy atom. The topological polar surface area (TPSA) is 134 Å². The number of fused-ring (bicyclic) bond motifs is 2. The van der Waals surface area contributed by atoms with Gasteiger partial charge < -0.3 is 20.6 Å². The Kier molecular flexibility index (Phi) is 5.85. The lowest BCUT2D eigenvalue weighted by Crippen LogP contribution is -2.27. The molecule has 4 N–H and O–H groups in total. The minimum absolute atomic E-state index is 0.173. The lowest BCUT2D eigenvalue weighted by molar-refractivity contribution is -0.115. The molecule has 2 aromatic heterocycles. The van der Waals surface area contributed by atoms with Crippen LogP contribution in [0, 0.1) is 0 Å². The van der Waals surface area contributed by atoms with E-state index in [0.29, 0.717) is 46.5 Å². The molecule has 10 nitrogen and oxygen atoms in total. The molecule has 0 atom stereocenters. The first kappa shape index (κ1) is 23.7. The molecule has 12 heteroatoms. The van der Waals surface area contributed by atoms with Gasteiger partial charge in [0.2, 0.25) is 11.6 Å². The monoisotopic (exact) mass is 526 g/mol. The third-order valence-corrected chi connectivity index (χ3v) is 6.73. The standard InChI is InChI=1S/C24H20Cl2N6O4/c1-3-31-15-7-5-11(9-13(15)29-23(31)35)27-19-17(25)22(34)20(18(26)21(19)33)28-12-6-8-16-14(10-12)30-24(36)32(16)4-2/h5-10,27-28H,3-4H2,1-2H3,(H,29,35)(H,30,36). The summed E-state index contributed by atoms with van der Waals surface area (Å²) in [6.07, 6.45) is 0. The molecule has 0 saturated heterocycles. The van der Waals surface area contributed by atoms with Gasteiger partial charge >= 0.3 is 11.4 Å². The SMILES string of the molecule is CCn1c(=O)[nH]c2cc(NC3=C(Cl)C(=O)C(Nc4ccc5c(c4)[nH]c(=O)n5CC)=C(Cl)C3=O)ccc21. The van der Waals surface area contributed by atoms with E-state index < -0.39 is 11.6 Å². The van der Waals surface area contributed by atoms with Crippen LogP contribution in [0.2, 0.25) is 0 Å². The Balaban J connectivity index is 1.44. The van der Waals surface area contributed by atoms with Crippen molar-refractivity contribution in [3.63, 3.8) is 0 Å². The van der Waals surface area contributed by atoms with Crippen LogP contribution in [0.5, 0.6) is 0 Å². The molecule has 0 amide bonds. The van der Waals surface area contributed by atoms with E-state index in [9.17, 15) is 19.2 Å². The Morgan fingerprint density at radius 3 is 1.44 bits per heavy atom. The summed E-state index contributed by atoms with van der Waals surface area (Å²) in [5, 5.41) is 5.05. The molecular weight excluding hydrogens is 507 g/mol. The van der Waals surface area contributed by atoms with Gasteiger partial charge in [0.1, 0.15) is 21.5 Å². The summed E-state index contributed by atoms with van der Waals surface area (Å²) >= 11 is 12.6. The smallest absolute Gasteiger partial charge is 0.326 e. The highest BCUT2D eigenvalue weighted by Gasteiger charge is 2.34. The first-order valence-electron chi connectivity index (χ1n) is 11.1. The van der Waals surface area contributed by atoms with E-state index in [1.54, 1.807) is 45.5 Å². The molecule has 36 heavy (non-hydrogen) atoms. The molecule has 2 aromatic carbocycles. The van der Waals surface area contributed by atoms with Crippen molar-refractivity contribution >= 4 is 68.2 Å². The van der Waals surface area contributed by atoms with Crippen LogP contribution in [0.15, 0.2) is 67.4 Å². The number of H-pyrrole nitrogens is 2. The maximum Gasteiger partial charge on any atom is 0.326 e. The molecule has 0 spiro atoms. The second-order valence-corrected chi connectivity index (χ2v) is 8.85. The number of aryl methyl sites for hydroxylation is 2. The van der Waals surface area contributed by atoms with Crippen LogP contribution in [0.4, 0.5) is 11.4 Å². The van der Waals surface area contributed by atoms with Crippen LogP contribution in [0.3, 0.4) is 0 Å². The second-order valence-electron chi connectivity index (χ2n) is 8.10. The number of nitrogens with one attached hydrogen (secondary N) is 4. The molecule has 1 aliphatic carbocycles. The Hall–Kier alpha value is -4.02. The number of aromatic nitrogens is 4. The van der Waals surface area contributed by atoms with Gasteiger partial charge in [-0.3, -0.25) is 18.7 Å². The zero-order valence-corrected chi connectivity index (χ0v) is 20.7. The molecule has 0 unspecified atom stereocenters. The highest BCUT2D eigenvalue weighted by atomic mass is 35.5. The fourth-order valence-electron chi connectivity index (χ4n) is 4.27. The number of halogens is 2. The van der Waals surface area contributed by atoms with Gasteiger partial charge in [0.25, 0.3) is 0 Å². The van der Waals surface area contributed by atoms with Crippen molar-refractivity contribution in [1.82, 2.24) is 19.1 Å². The Bertz CT molecular complexity index is 1640. The molecule has 0 aliphatic heterocycles. The fraction of sp³-hybridized carbons (Fsp3) is 0.167. The van der Waals surface area contributed by atoms with Crippen LogP contribution in [-0.2, 0) is 22.7 Å².